The minimum absolute atomic E-state index is 0.0366. The smallest absolute Gasteiger partial charge is 0.147 e. The van der Waals surface area contributed by atoms with Crippen LogP contribution in [0.15, 0.2) is 24.4 Å². The fraction of sp³-hybridized carbons (Fsp3) is 0.308. The minimum atomic E-state index is -0.633. The molecule has 1 aromatic carbocycles. The Bertz CT molecular complexity index is 612. The SMILES string of the molecule is CC(C)n1ncc(Cl)c1C(NN)c1cccc(Cl)c1F. The van der Waals surface area contributed by atoms with Gasteiger partial charge in [-0.15, -0.1) is 0 Å². The monoisotopic (exact) mass is 316 g/mol. The van der Waals surface area contributed by atoms with Crippen LogP contribution in [0.1, 0.15) is 37.2 Å². The first-order valence-electron chi connectivity index (χ1n) is 6.10. The molecule has 4 nitrogen and oxygen atoms in total. The molecule has 0 radical (unpaired) electrons. The number of hydrogen-bond acceptors (Lipinski definition) is 3. The molecule has 20 heavy (non-hydrogen) atoms. The van der Waals surface area contributed by atoms with Crippen molar-refractivity contribution in [3.05, 3.63) is 51.5 Å². The molecule has 7 heteroatoms. The molecule has 1 atom stereocenters. The predicted molar refractivity (Wildman–Crippen MR) is 78.2 cm³/mol. The molecule has 0 amide bonds. The molecular formula is C13H15Cl2FN4. The summed E-state index contributed by atoms with van der Waals surface area (Å²) in [5, 5.41) is 4.65. The molecule has 0 saturated heterocycles. The molecule has 2 rings (SSSR count). The molecule has 0 fully saturated rings. The zero-order valence-electron chi connectivity index (χ0n) is 11.1. The summed E-state index contributed by atoms with van der Waals surface area (Å²) in [6, 6.07) is 4.19. The minimum Gasteiger partial charge on any atom is -0.271 e. The lowest BCUT2D eigenvalue weighted by Gasteiger charge is -2.21. The van der Waals surface area contributed by atoms with Gasteiger partial charge in [-0.3, -0.25) is 10.5 Å². The molecule has 2 aromatic rings. The summed E-state index contributed by atoms with van der Waals surface area (Å²) < 4.78 is 15.9. The number of nitrogens with two attached hydrogens (primary N) is 1. The van der Waals surface area contributed by atoms with Gasteiger partial charge in [0.05, 0.1) is 28.0 Å². The second kappa shape index (κ2) is 6.10. The zero-order valence-corrected chi connectivity index (χ0v) is 12.6. The summed E-state index contributed by atoms with van der Waals surface area (Å²) in [5.41, 5.74) is 3.51. The van der Waals surface area contributed by atoms with Gasteiger partial charge in [0, 0.05) is 11.6 Å². The Balaban J connectivity index is 2.58. The van der Waals surface area contributed by atoms with Gasteiger partial charge >= 0.3 is 0 Å². The third kappa shape index (κ3) is 2.67. The van der Waals surface area contributed by atoms with Crippen LogP contribution in [0.5, 0.6) is 0 Å². The van der Waals surface area contributed by atoms with Gasteiger partial charge in [0.15, 0.2) is 0 Å². The Labute approximate surface area is 126 Å². The Morgan fingerprint density at radius 2 is 2.00 bits per heavy atom. The highest BCUT2D eigenvalue weighted by Crippen LogP contribution is 2.32. The number of hydrazine groups is 1. The second-order valence-corrected chi connectivity index (χ2v) is 5.47. The lowest BCUT2D eigenvalue weighted by Crippen LogP contribution is -2.32. The number of rotatable bonds is 4. The van der Waals surface area contributed by atoms with Crippen LogP contribution >= 0.6 is 23.2 Å². The van der Waals surface area contributed by atoms with Gasteiger partial charge in [0.1, 0.15) is 5.82 Å². The fourth-order valence-electron chi connectivity index (χ4n) is 2.09. The number of nitrogens with zero attached hydrogens (tertiary/aromatic N) is 2. The van der Waals surface area contributed by atoms with Crippen molar-refractivity contribution in [1.82, 2.24) is 15.2 Å². The van der Waals surface area contributed by atoms with Gasteiger partial charge < -0.3 is 0 Å². The highest BCUT2D eigenvalue weighted by molar-refractivity contribution is 6.31. The van der Waals surface area contributed by atoms with Crippen molar-refractivity contribution in [2.45, 2.75) is 25.9 Å². The lowest BCUT2D eigenvalue weighted by molar-refractivity contribution is 0.467. The maximum atomic E-state index is 14.2. The topological polar surface area (TPSA) is 55.9 Å². The van der Waals surface area contributed by atoms with E-state index < -0.39 is 11.9 Å². The summed E-state index contributed by atoms with van der Waals surface area (Å²) in [7, 11) is 0. The first kappa shape index (κ1) is 15.3. The van der Waals surface area contributed by atoms with Gasteiger partial charge in [-0.2, -0.15) is 5.10 Å². The molecular weight excluding hydrogens is 302 g/mol. The number of nitrogens with one attached hydrogen (secondary N) is 1. The molecule has 108 valence electrons. The number of aromatic nitrogens is 2. The predicted octanol–water partition coefficient (Wildman–Crippen LogP) is 3.46. The first-order chi connectivity index (χ1) is 9.47. The molecule has 0 aliphatic rings. The Hall–Kier alpha value is -1.14. The van der Waals surface area contributed by atoms with Crippen molar-refractivity contribution in [3.8, 4) is 0 Å². The van der Waals surface area contributed by atoms with E-state index in [-0.39, 0.29) is 11.1 Å². The molecule has 1 heterocycles. The number of benzene rings is 1. The van der Waals surface area contributed by atoms with Crippen molar-refractivity contribution in [2.24, 2.45) is 5.84 Å². The summed E-state index contributed by atoms with van der Waals surface area (Å²) in [4.78, 5) is 0. The van der Waals surface area contributed by atoms with E-state index in [1.54, 1.807) is 16.8 Å². The van der Waals surface area contributed by atoms with Gasteiger partial charge in [0.25, 0.3) is 0 Å². The first-order valence-corrected chi connectivity index (χ1v) is 6.85. The van der Waals surface area contributed by atoms with Crippen LogP contribution in [-0.2, 0) is 0 Å². The normalized spacial score (nSPS) is 12.9. The van der Waals surface area contributed by atoms with Crippen LogP contribution in [0.4, 0.5) is 4.39 Å². The van der Waals surface area contributed by atoms with E-state index in [0.29, 0.717) is 16.3 Å². The molecule has 0 bridgehead atoms. The summed E-state index contributed by atoms with van der Waals surface area (Å²) in [6.07, 6.45) is 1.52. The van der Waals surface area contributed by atoms with Crippen LogP contribution in [-0.4, -0.2) is 9.78 Å². The summed E-state index contributed by atoms with van der Waals surface area (Å²) >= 11 is 12.0. The van der Waals surface area contributed by atoms with E-state index in [4.69, 9.17) is 29.0 Å². The Morgan fingerprint density at radius 3 is 2.60 bits per heavy atom. The molecule has 0 saturated carbocycles. The lowest BCUT2D eigenvalue weighted by atomic mass is 10.0. The van der Waals surface area contributed by atoms with Gasteiger partial charge in [-0.05, 0) is 19.9 Å². The quantitative estimate of drug-likeness (QED) is 0.671. The maximum absolute atomic E-state index is 14.2. The van der Waals surface area contributed by atoms with Crippen LogP contribution in [0.3, 0.4) is 0 Å². The van der Waals surface area contributed by atoms with E-state index >= 15 is 0 Å². The van der Waals surface area contributed by atoms with E-state index in [2.05, 4.69) is 10.5 Å². The van der Waals surface area contributed by atoms with Gasteiger partial charge in [0.2, 0.25) is 0 Å². The van der Waals surface area contributed by atoms with E-state index in [9.17, 15) is 4.39 Å². The van der Waals surface area contributed by atoms with Crippen LogP contribution < -0.4 is 11.3 Å². The molecule has 1 unspecified atom stereocenters. The van der Waals surface area contributed by atoms with Crippen molar-refractivity contribution < 1.29 is 4.39 Å². The summed E-state index contributed by atoms with van der Waals surface area (Å²) in [5.74, 6) is 5.07. The average molecular weight is 317 g/mol. The molecule has 0 aliphatic carbocycles. The second-order valence-electron chi connectivity index (χ2n) is 4.66. The highest BCUT2D eigenvalue weighted by atomic mass is 35.5. The van der Waals surface area contributed by atoms with Crippen molar-refractivity contribution in [3.63, 3.8) is 0 Å². The maximum Gasteiger partial charge on any atom is 0.147 e. The van der Waals surface area contributed by atoms with Crippen LogP contribution in [0.2, 0.25) is 10.0 Å². The van der Waals surface area contributed by atoms with Crippen molar-refractivity contribution in [1.29, 1.82) is 0 Å². The highest BCUT2D eigenvalue weighted by Gasteiger charge is 2.25. The largest absolute Gasteiger partial charge is 0.271 e. The zero-order chi connectivity index (χ0) is 14.9. The van der Waals surface area contributed by atoms with Gasteiger partial charge in [-0.25, -0.2) is 9.82 Å². The average Bonchev–Trinajstić information content (AvgIpc) is 2.78. The van der Waals surface area contributed by atoms with E-state index in [1.807, 2.05) is 13.8 Å². The van der Waals surface area contributed by atoms with Crippen LogP contribution in [0.25, 0.3) is 0 Å². The molecule has 0 aliphatic heterocycles. The molecule has 0 spiro atoms. The van der Waals surface area contributed by atoms with Crippen molar-refractivity contribution >= 4 is 23.2 Å². The van der Waals surface area contributed by atoms with E-state index in [1.165, 1.54) is 12.3 Å². The third-order valence-electron chi connectivity index (χ3n) is 3.01. The van der Waals surface area contributed by atoms with Gasteiger partial charge in [-0.1, -0.05) is 35.3 Å². The van der Waals surface area contributed by atoms with E-state index in [0.717, 1.165) is 0 Å². The van der Waals surface area contributed by atoms with Crippen LogP contribution in [0, 0.1) is 5.82 Å². The number of hydrogen-bond donors (Lipinski definition) is 2. The third-order valence-corrected chi connectivity index (χ3v) is 3.59. The van der Waals surface area contributed by atoms with Crippen molar-refractivity contribution in [2.75, 3.05) is 0 Å². The number of halogens is 3. The standard InChI is InChI=1S/C13H15Cl2FN4/c1-7(2)20-13(10(15)6-18-20)12(19-17)8-4-3-5-9(14)11(8)16/h3-7,12,19H,17H2,1-2H3. The fourth-order valence-corrected chi connectivity index (χ4v) is 2.51. The molecule has 3 N–H and O–H groups in total. The Kier molecular flexibility index (Phi) is 4.65. The Morgan fingerprint density at radius 1 is 1.30 bits per heavy atom. The molecule has 1 aromatic heterocycles. The summed E-state index contributed by atoms with van der Waals surface area (Å²) in [6.45, 7) is 3.91.